The number of oxazole rings is 2. The lowest BCUT2D eigenvalue weighted by atomic mass is 10.0. The third kappa shape index (κ3) is 10.1. The highest BCUT2D eigenvalue weighted by Crippen LogP contribution is 2.27. The van der Waals surface area contributed by atoms with E-state index in [1.807, 2.05) is 29.2 Å². The van der Waals surface area contributed by atoms with Crippen molar-refractivity contribution >= 4 is 72.3 Å². The SMILES string of the molecule is Cc1nc(-c2ccc(Cl)cc2)oc1C(=O)N1CCCCC1COc1cccnc1.Cc1nc(-c2ccc(Cl)cc2)oc1C(=O)O.Cl.Cl.Cl. The highest BCUT2D eigenvalue weighted by Gasteiger charge is 2.31. The number of nitrogens with zero attached hydrogens (tertiary/aromatic N) is 4. The quantitative estimate of drug-likeness (QED) is 0.173. The fourth-order valence-electron chi connectivity index (χ4n) is 4.82. The average Bonchev–Trinajstić information content (AvgIpc) is 3.64. The second-order valence-electron chi connectivity index (χ2n) is 10.3. The van der Waals surface area contributed by atoms with Crippen molar-refractivity contribution in [2.24, 2.45) is 0 Å². The first kappa shape index (κ1) is 40.4. The second kappa shape index (κ2) is 18.7. The third-order valence-electron chi connectivity index (χ3n) is 7.13. The molecule has 1 amide bonds. The van der Waals surface area contributed by atoms with Crippen molar-refractivity contribution in [3.8, 4) is 28.7 Å². The van der Waals surface area contributed by atoms with Gasteiger partial charge in [-0.05, 0) is 93.8 Å². The summed E-state index contributed by atoms with van der Waals surface area (Å²) in [5.41, 5.74) is 2.42. The Kier molecular flexibility index (Phi) is 15.7. The minimum absolute atomic E-state index is 0. The number of aromatic nitrogens is 3. The number of ether oxygens (including phenoxy) is 1. The summed E-state index contributed by atoms with van der Waals surface area (Å²) in [6, 6.07) is 17.7. The van der Waals surface area contributed by atoms with Crippen LogP contribution in [0.1, 0.15) is 51.8 Å². The Labute approximate surface area is 306 Å². The standard InChI is InChI=1S/C22H22ClN3O3.C11H8ClNO3.3ClH/c1-15-20(29-21(25-15)16-7-9-17(23)10-8-16)22(27)26-12-3-2-5-18(26)14-28-19-6-4-11-24-13-19;1-6-9(11(14)15)16-10(13-6)7-2-4-8(12)5-3-7;;;/h4,6-11,13,18H,2-3,5,12,14H2,1H3;2-5H,1H3,(H,14,15);3*1H. The van der Waals surface area contributed by atoms with Gasteiger partial charge in [0.15, 0.2) is 0 Å². The van der Waals surface area contributed by atoms with Crippen molar-refractivity contribution in [2.45, 2.75) is 39.2 Å². The Morgan fingerprint density at radius 3 is 1.90 bits per heavy atom. The molecule has 10 nitrogen and oxygen atoms in total. The first-order chi connectivity index (χ1) is 21.7. The summed E-state index contributed by atoms with van der Waals surface area (Å²) in [5.74, 6) is 0.286. The van der Waals surface area contributed by atoms with Gasteiger partial charge in [-0.1, -0.05) is 23.2 Å². The van der Waals surface area contributed by atoms with Gasteiger partial charge in [-0.15, -0.1) is 37.2 Å². The first-order valence-corrected chi connectivity index (χ1v) is 15.0. The van der Waals surface area contributed by atoms with Crippen molar-refractivity contribution in [3.63, 3.8) is 0 Å². The van der Waals surface area contributed by atoms with Gasteiger partial charge in [-0.3, -0.25) is 9.78 Å². The van der Waals surface area contributed by atoms with Gasteiger partial charge >= 0.3 is 5.97 Å². The number of amides is 1. The number of pyridine rings is 1. The molecular weight excluding hydrogens is 726 g/mol. The summed E-state index contributed by atoms with van der Waals surface area (Å²) < 4.78 is 16.9. The lowest BCUT2D eigenvalue weighted by Gasteiger charge is -2.35. The molecule has 5 aromatic rings. The van der Waals surface area contributed by atoms with Crippen LogP contribution in [0.3, 0.4) is 0 Å². The molecule has 0 spiro atoms. The van der Waals surface area contributed by atoms with Gasteiger partial charge in [-0.2, -0.15) is 0 Å². The molecule has 0 aliphatic carbocycles. The number of benzene rings is 2. The Hall–Kier alpha value is -3.80. The normalized spacial score (nSPS) is 13.5. The fourth-order valence-corrected chi connectivity index (χ4v) is 5.07. The van der Waals surface area contributed by atoms with Crippen molar-refractivity contribution in [1.29, 1.82) is 0 Å². The van der Waals surface area contributed by atoms with Crippen LogP contribution in [-0.2, 0) is 0 Å². The Bertz CT molecular complexity index is 1770. The molecule has 48 heavy (non-hydrogen) atoms. The van der Waals surface area contributed by atoms with Gasteiger partial charge in [0.25, 0.3) is 5.91 Å². The molecule has 1 aliphatic heterocycles. The molecule has 1 aliphatic rings. The molecule has 0 saturated carbocycles. The molecule has 1 N–H and O–H groups in total. The molecule has 1 saturated heterocycles. The van der Waals surface area contributed by atoms with E-state index in [0.29, 0.717) is 51.8 Å². The average molecular weight is 759 g/mol. The maximum absolute atomic E-state index is 13.2. The Balaban J connectivity index is 0.000000362. The largest absolute Gasteiger partial charge is 0.490 e. The van der Waals surface area contributed by atoms with E-state index in [-0.39, 0.29) is 66.6 Å². The van der Waals surface area contributed by atoms with Gasteiger partial charge in [-0.25, -0.2) is 14.8 Å². The van der Waals surface area contributed by atoms with E-state index < -0.39 is 5.97 Å². The van der Waals surface area contributed by atoms with E-state index >= 15 is 0 Å². The third-order valence-corrected chi connectivity index (χ3v) is 7.63. The van der Waals surface area contributed by atoms with Gasteiger partial charge < -0.3 is 23.6 Å². The zero-order chi connectivity index (χ0) is 31.9. The highest BCUT2D eigenvalue weighted by molar-refractivity contribution is 6.30. The molecule has 3 aromatic heterocycles. The van der Waals surface area contributed by atoms with Crippen molar-refractivity contribution in [2.75, 3.05) is 13.2 Å². The van der Waals surface area contributed by atoms with Crippen molar-refractivity contribution in [3.05, 3.63) is 106 Å². The van der Waals surface area contributed by atoms with E-state index in [2.05, 4.69) is 15.0 Å². The monoisotopic (exact) mass is 756 g/mol. The molecule has 0 radical (unpaired) electrons. The van der Waals surface area contributed by atoms with Gasteiger partial charge in [0, 0.05) is 33.9 Å². The molecule has 6 rings (SSSR count). The number of carbonyl (C=O) groups excluding carboxylic acids is 1. The van der Waals surface area contributed by atoms with Crippen molar-refractivity contribution in [1.82, 2.24) is 19.9 Å². The van der Waals surface area contributed by atoms with Crippen molar-refractivity contribution < 1.29 is 28.3 Å². The topological polar surface area (TPSA) is 132 Å². The summed E-state index contributed by atoms with van der Waals surface area (Å²) in [7, 11) is 0. The molecule has 0 bridgehead atoms. The summed E-state index contributed by atoms with van der Waals surface area (Å²) in [4.78, 5) is 38.4. The van der Waals surface area contributed by atoms with E-state index in [1.165, 1.54) is 0 Å². The fraction of sp³-hybridized carbons (Fsp3) is 0.242. The number of halogens is 5. The first-order valence-electron chi connectivity index (χ1n) is 14.2. The zero-order valence-corrected chi connectivity index (χ0v) is 29.8. The van der Waals surface area contributed by atoms with Crippen LogP contribution in [-0.4, -0.2) is 56.0 Å². The highest BCUT2D eigenvalue weighted by atomic mass is 35.5. The molecule has 15 heteroatoms. The van der Waals surface area contributed by atoms with Crippen LogP contribution >= 0.6 is 60.4 Å². The molecule has 2 aromatic carbocycles. The summed E-state index contributed by atoms with van der Waals surface area (Å²) in [6.07, 6.45) is 6.30. The van der Waals surface area contributed by atoms with E-state index in [0.717, 1.165) is 24.8 Å². The number of piperidine rings is 1. The Morgan fingerprint density at radius 2 is 1.40 bits per heavy atom. The van der Waals surface area contributed by atoms with Crippen LogP contribution in [0.15, 0.2) is 81.9 Å². The van der Waals surface area contributed by atoms with Crippen LogP contribution in [0.4, 0.5) is 0 Å². The van der Waals surface area contributed by atoms with Crippen LogP contribution < -0.4 is 4.74 Å². The van der Waals surface area contributed by atoms with E-state index in [9.17, 15) is 9.59 Å². The van der Waals surface area contributed by atoms with Gasteiger partial charge in [0.1, 0.15) is 12.4 Å². The number of rotatable bonds is 7. The number of carboxylic acid groups (broad SMARTS) is 1. The predicted molar refractivity (Wildman–Crippen MR) is 190 cm³/mol. The number of hydrogen-bond acceptors (Lipinski definition) is 8. The molecule has 1 fully saturated rings. The number of aryl methyl sites for hydroxylation is 2. The van der Waals surface area contributed by atoms with Gasteiger partial charge in [0.2, 0.25) is 23.3 Å². The van der Waals surface area contributed by atoms with Crippen LogP contribution in [0.2, 0.25) is 10.0 Å². The number of aromatic carboxylic acids is 1. The lowest BCUT2D eigenvalue weighted by Crippen LogP contribution is -2.46. The van der Waals surface area contributed by atoms with Crippen LogP contribution in [0, 0.1) is 13.8 Å². The molecule has 1 unspecified atom stereocenters. The van der Waals surface area contributed by atoms with Crippen LogP contribution in [0.25, 0.3) is 22.9 Å². The number of likely N-dealkylation sites (tertiary alicyclic amines) is 1. The van der Waals surface area contributed by atoms with Crippen LogP contribution in [0.5, 0.6) is 5.75 Å². The molecular formula is C33H33Cl5N4O6. The van der Waals surface area contributed by atoms with E-state index in [1.54, 1.807) is 62.6 Å². The summed E-state index contributed by atoms with van der Waals surface area (Å²) >= 11 is 11.7. The molecule has 1 atom stereocenters. The van der Waals surface area contributed by atoms with Gasteiger partial charge in [0.05, 0.1) is 23.6 Å². The smallest absolute Gasteiger partial charge is 0.373 e. The lowest BCUT2D eigenvalue weighted by molar-refractivity contribution is 0.0497. The molecule has 256 valence electrons. The summed E-state index contributed by atoms with van der Waals surface area (Å²) in [6.45, 7) is 4.48. The van der Waals surface area contributed by atoms with E-state index in [4.69, 9.17) is 41.9 Å². The Morgan fingerprint density at radius 1 is 0.854 bits per heavy atom. The number of carbonyl (C=O) groups is 2. The summed E-state index contributed by atoms with van der Waals surface area (Å²) in [5, 5.41) is 10.1. The molecule has 4 heterocycles. The second-order valence-corrected chi connectivity index (χ2v) is 11.2. The maximum atomic E-state index is 13.2. The minimum atomic E-state index is -1.12. The maximum Gasteiger partial charge on any atom is 0.373 e. The number of carboxylic acids is 1. The number of hydrogen-bond donors (Lipinski definition) is 1. The zero-order valence-electron chi connectivity index (χ0n) is 25.8. The minimum Gasteiger partial charge on any atom is -0.490 e. The predicted octanol–water partition coefficient (Wildman–Crippen LogP) is 9.04.